The molecule has 1 N–H and O–H groups in total. The van der Waals surface area contributed by atoms with E-state index in [1.807, 2.05) is 79.7 Å². The van der Waals surface area contributed by atoms with Gasteiger partial charge in [-0.25, -0.2) is 0 Å². The van der Waals surface area contributed by atoms with Crippen molar-refractivity contribution in [1.29, 1.82) is 0 Å². The molecule has 1 aliphatic heterocycles. The van der Waals surface area contributed by atoms with E-state index >= 15 is 0 Å². The molecule has 5 heteroatoms. The number of carboxylic acid groups (broad SMARTS) is 1. The lowest BCUT2D eigenvalue weighted by Crippen LogP contribution is -2.46. The number of ether oxygens (including phenoxy) is 1. The first kappa shape index (κ1) is 19.1. The number of para-hydroxylation sites is 1. The van der Waals surface area contributed by atoms with Crippen LogP contribution in [0.3, 0.4) is 0 Å². The maximum absolute atomic E-state index is 13.1. The smallest absolute Gasteiger partial charge is 0.329 e. The molecule has 1 aromatic heterocycles. The van der Waals surface area contributed by atoms with Crippen molar-refractivity contribution in [3.05, 3.63) is 89.7 Å². The van der Waals surface area contributed by atoms with Gasteiger partial charge in [-0.15, -0.1) is 0 Å². The predicted octanol–water partition coefficient (Wildman–Crippen LogP) is 5.75. The first-order valence-corrected chi connectivity index (χ1v) is 10.0. The molecule has 4 aromatic rings. The quantitative estimate of drug-likeness (QED) is 0.343. The van der Waals surface area contributed by atoms with Crippen molar-refractivity contribution in [3.63, 3.8) is 0 Å². The number of hydrogen-bond acceptors (Lipinski definition) is 4. The van der Waals surface area contributed by atoms with Gasteiger partial charge in [0.25, 0.3) is 0 Å². The van der Waals surface area contributed by atoms with E-state index in [9.17, 15) is 14.7 Å². The fourth-order valence-corrected chi connectivity index (χ4v) is 4.56. The summed E-state index contributed by atoms with van der Waals surface area (Å²) in [5, 5.41) is 12.9. The van der Waals surface area contributed by atoms with Crippen LogP contribution in [0.1, 0.15) is 31.1 Å². The van der Waals surface area contributed by atoms with Gasteiger partial charge < -0.3 is 14.3 Å². The highest BCUT2D eigenvalue weighted by Crippen LogP contribution is 2.51. The molecule has 5 nitrogen and oxygen atoms in total. The molecule has 0 bridgehead atoms. The molecule has 2 atom stereocenters. The molecule has 0 saturated heterocycles. The van der Waals surface area contributed by atoms with E-state index < -0.39 is 23.3 Å². The second-order valence-corrected chi connectivity index (χ2v) is 8.06. The third kappa shape index (κ3) is 2.77. The van der Waals surface area contributed by atoms with Crippen LogP contribution in [0.15, 0.2) is 82.8 Å². The van der Waals surface area contributed by atoms with Crippen LogP contribution in [0.5, 0.6) is 0 Å². The molecule has 154 valence electrons. The average Bonchev–Trinajstić information content (AvgIpc) is 3.20. The van der Waals surface area contributed by atoms with Crippen LogP contribution < -0.4 is 0 Å². The zero-order valence-corrected chi connectivity index (χ0v) is 17.1. The van der Waals surface area contributed by atoms with Gasteiger partial charge in [0.1, 0.15) is 5.58 Å². The van der Waals surface area contributed by atoms with E-state index in [0.29, 0.717) is 16.9 Å². The molecule has 2 heterocycles. The van der Waals surface area contributed by atoms with Crippen molar-refractivity contribution in [2.45, 2.75) is 19.8 Å². The molecule has 0 amide bonds. The Morgan fingerprint density at radius 3 is 2.39 bits per heavy atom. The topological polar surface area (TPSA) is 76.7 Å². The second-order valence-electron chi connectivity index (χ2n) is 8.06. The maximum atomic E-state index is 13.1. The van der Waals surface area contributed by atoms with Crippen LogP contribution in [-0.4, -0.2) is 17.0 Å². The summed E-state index contributed by atoms with van der Waals surface area (Å²) in [6.45, 7) is 3.24. The molecule has 0 spiro atoms. The molecule has 1 aliphatic rings. The van der Waals surface area contributed by atoms with Crippen molar-refractivity contribution in [3.8, 4) is 0 Å². The van der Waals surface area contributed by atoms with Gasteiger partial charge in [-0.1, -0.05) is 60.7 Å². The summed E-state index contributed by atoms with van der Waals surface area (Å²) >= 11 is 0. The Bertz CT molecular complexity index is 1350. The molecule has 3 aromatic carbocycles. The Morgan fingerprint density at radius 1 is 0.968 bits per heavy atom. The number of fused-ring (bicyclic) bond motifs is 2. The second kappa shape index (κ2) is 6.84. The van der Waals surface area contributed by atoms with E-state index in [2.05, 4.69) is 0 Å². The third-order valence-electron chi connectivity index (χ3n) is 6.22. The van der Waals surface area contributed by atoms with E-state index in [4.69, 9.17) is 9.15 Å². The summed E-state index contributed by atoms with van der Waals surface area (Å²) in [6, 6.07) is 22.8. The van der Waals surface area contributed by atoms with Gasteiger partial charge in [-0.3, -0.25) is 9.59 Å². The standard InChI is InChI=1S/C26H20O5/c1-15-22(19-12-7-10-16-8-3-5-11-18(16)19)26(2,24(27)28)25(29)31-23(15)21-14-17-9-4-6-13-20(17)30-21/h3-14,22H,1-2H3,(H,27,28). The van der Waals surface area contributed by atoms with Gasteiger partial charge in [0.05, 0.1) is 0 Å². The van der Waals surface area contributed by atoms with Gasteiger partial charge in [-0.05, 0) is 47.9 Å². The van der Waals surface area contributed by atoms with Gasteiger partial charge in [-0.2, -0.15) is 0 Å². The molecule has 31 heavy (non-hydrogen) atoms. The number of hydrogen-bond donors (Lipinski definition) is 1. The molecule has 0 fully saturated rings. The molecule has 5 rings (SSSR count). The number of carboxylic acids is 1. The number of benzene rings is 3. The molecule has 2 unspecified atom stereocenters. The zero-order valence-electron chi connectivity index (χ0n) is 17.1. The highest BCUT2D eigenvalue weighted by Gasteiger charge is 2.55. The predicted molar refractivity (Wildman–Crippen MR) is 117 cm³/mol. The van der Waals surface area contributed by atoms with Crippen molar-refractivity contribution >= 4 is 39.4 Å². The van der Waals surface area contributed by atoms with Crippen LogP contribution >= 0.6 is 0 Å². The summed E-state index contributed by atoms with van der Waals surface area (Å²) in [7, 11) is 0. The zero-order chi connectivity index (χ0) is 21.8. The SMILES string of the molecule is CC1=C(c2cc3ccccc3o2)OC(=O)C(C)(C(=O)O)C1c1cccc2ccccc12. The Balaban J connectivity index is 1.79. The number of allylic oxidation sites excluding steroid dienone is 1. The minimum Gasteiger partial charge on any atom is -0.480 e. The van der Waals surface area contributed by atoms with Crippen LogP contribution in [0, 0.1) is 5.41 Å². The Labute approximate surface area is 178 Å². The Kier molecular flexibility index (Phi) is 4.22. The average molecular weight is 412 g/mol. The van der Waals surface area contributed by atoms with Gasteiger partial charge in [0.15, 0.2) is 16.9 Å². The summed E-state index contributed by atoms with van der Waals surface area (Å²) in [5.41, 5.74) is 0.303. The van der Waals surface area contributed by atoms with E-state index in [1.165, 1.54) is 6.92 Å². The number of esters is 1. The number of carbonyl (C=O) groups is 2. The van der Waals surface area contributed by atoms with Gasteiger partial charge >= 0.3 is 11.9 Å². The van der Waals surface area contributed by atoms with Gasteiger partial charge in [0.2, 0.25) is 0 Å². The minimum atomic E-state index is -1.77. The van der Waals surface area contributed by atoms with Crippen molar-refractivity contribution in [1.82, 2.24) is 0 Å². The van der Waals surface area contributed by atoms with E-state index in [-0.39, 0.29) is 5.76 Å². The highest BCUT2D eigenvalue weighted by atomic mass is 16.6. The van der Waals surface area contributed by atoms with E-state index in [0.717, 1.165) is 21.7 Å². The lowest BCUT2D eigenvalue weighted by molar-refractivity contribution is -0.165. The number of cyclic esters (lactones) is 1. The van der Waals surface area contributed by atoms with Crippen molar-refractivity contribution < 1.29 is 23.8 Å². The van der Waals surface area contributed by atoms with Crippen molar-refractivity contribution in [2.24, 2.45) is 5.41 Å². The van der Waals surface area contributed by atoms with Crippen LogP contribution in [-0.2, 0) is 14.3 Å². The largest absolute Gasteiger partial charge is 0.480 e. The highest BCUT2D eigenvalue weighted by molar-refractivity contribution is 6.05. The van der Waals surface area contributed by atoms with Crippen LogP contribution in [0.2, 0.25) is 0 Å². The maximum Gasteiger partial charge on any atom is 0.329 e. The molecule has 0 aliphatic carbocycles. The van der Waals surface area contributed by atoms with Crippen LogP contribution in [0.25, 0.3) is 27.5 Å². The number of furan rings is 1. The fraction of sp³-hybridized carbons (Fsp3) is 0.154. The minimum absolute atomic E-state index is 0.276. The first-order chi connectivity index (χ1) is 14.9. The molecular formula is C26H20O5. The summed E-state index contributed by atoms with van der Waals surface area (Å²) in [5.74, 6) is -2.07. The molecule has 0 saturated carbocycles. The summed E-state index contributed by atoms with van der Waals surface area (Å²) in [4.78, 5) is 25.5. The lowest BCUT2D eigenvalue weighted by atomic mass is 9.67. The Hall–Kier alpha value is -3.86. The van der Waals surface area contributed by atoms with Crippen molar-refractivity contribution in [2.75, 3.05) is 0 Å². The van der Waals surface area contributed by atoms with E-state index in [1.54, 1.807) is 0 Å². The third-order valence-corrected chi connectivity index (χ3v) is 6.22. The Morgan fingerprint density at radius 2 is 1.65 bits per heavy atom. The molecular weight excluding hydrogens is 392 g/mol. The number of carbonyl (C=O) groups excluding carboxylic acids is 1. The fourth-order valence-electron chi connectivity index (χ4n) is 4.56. The first-order valence-electron chi connectivity index (χ1n) is 10.0. The molecule has 0 radical (unpaired) electrons. The van der Waals surface area contributed by atoms with Gasteiger partial charge in [0, 0.05) is 11.3 Å². The monoisotopic (exact) mass is 412 g/mol. The van der Waals surface area contributed by atoms with Crippen LogP contribution in [0.4, 0.5) is 0 Å². The summed E-state index contributed by atoms with van der Waals surface area (Å²) < 4.78 is 11.6. The lowest BCUT2D eigenvalue weighted by Gasteiger charge is -2.38. The summed E-state index contributed by atoms with van der Waals surface area (Å²) in [6.07, 6.45) is 0. The number of aliphatic carboxylic acids is 1. The number of rotatable bonds is 3. The normalized spacial score (nSPS) is 21.5.